The van der Waals surface area contributed by atoms with Crippen molar-refractivity contribution in [2.24, 2.45) is 0 Å². The minimum Gasteiger partial charge on any atom is -0.418 e. The number of hydrogen-bond donors (Lipinski definition) is 0. The van der Waals surface area contributed by atoms with E-state index < -0.39 is 15.2 Å². The van der Waals surface area contributed by atoms with Crippen LogP contribution in [0.4, 0.5) is 0 Å². The minimum atomic E-state index is -0.748. The minimum absolute atomic E-state index is 0.399. The van der Waals surface area contributed by atoms with Crippen LogP contribution in [0.3, 0.4) is 0 Å². The Hall–Kier alpha value is 0.0969. The van der Waals surface area contributed by atoms with Crippen molar-refractivity contribution in [1.82, 2.24) is 0 Å². The van der Waals surface area contributed by atoms with Gasteiger partial charge >= 0.3 is 0 Å². The molecule has 0 aromatic rings. The Balaban J connectivity index is 3.89. The summed E-state index contributed by atoms with van der Waals surface area (Å²) >= 11 is 0. The van der Waals surface area contributed by atoms with Gasteiger partial charge in [0.1, 0.15) is 0 Å². The van der Waals surface area contributed by atoms with Crippen LogP contribution >= 0.6 is 0 Å². The van der Waals surface area contributed by atoms with Gasteiger partial charge < -0.3 is 13.9 Å². The zero-order chi connectivity index (χ0) is 10.2. The number of methoxy groups -OCH3 is 1. The van der Waals surface area contributed by atoms with Crippen molar-refractivity contribution in [3.8, 4) is 0 Å². The van der Waals surface area contributed by atoms with Gasteiger partial charge in [-0.05, 0) is 19.8 Å². The fraction of sp³-hybridized carbons (Fsp3) is 1.00. The first-order chi connectivity index (χ1) is 6.24. The molecule has 0 aliphatic heterocycles. The second-order valence-corrected chi connectivity index (χ2v) is 4.73. The van der Waals surface area contributed by atoms with Gasteiger partial charge in [-0.25, -0.2) is 0 Å². The smallest absolute Gasteiger partial charge is 0.227 e. The Morgan fingerprint density at radius 1 is 1.23 bits per heavy atom. The summed E-state index contributed by atoms with van der Waals surface area (Å²) in [4.78, 5) is 0. The molecule has 0 fully saturated rings. The summed E-state index contributed by atoms with van der Waals surface area (Å²) in [7, 11) is 0.948. The van der Waals surface area contributed by atoms with E-state index in [0.717, 1.165) is 19.4 Å². The zero-order valence-corrected chi connectivity index (χ0v) is 10.7. The van der Waals surface area contributed by atoms with E-state index in [1.165, 1.54) is 0 Å². The third kappa shape index (κ3) is 4.76. The van der Waals surface area contributed by atoms with Gasteiger partial charge in [-0.3, -0.25) is 0 Å². The Bertz CT molecular complexity index is 115. The lowest BCUT2D eigenvalue weighted by atomic mass is 10.4. The van der Waals surface area contributed by atoms with E-state index in [-0.39, 0.29) is 0 Å². The number of rotatable bonds is 8. The average molecular weight is 206 g/mol. The fourth-order valence-electron chi connectivity index (χ4n) is 1.14. The first kappa shape index (κ1) is 13.1. The van der Waals surface area contributed by atoms with E-state index >= 15 is 0 Å². The molecule has 0 radical (unpaired) electrons. The monoisotopic (exact) mass is 206 g/mol. The van der Waals surface area contributed by atoms with Crippen LogP contribution in [0.1, 0.15) is 33.6 Å². The van der Waals surface area contributed by atoms with Crippen molar-refractivity contribution >= 4 is 9.76 Å². The molecular weight excluding hydrogens is 184 g/mol. The van der Waals surface area contributed by atoms with E-state index in [9.17, 15) is 0 Å². The van der Waals surface area contributed by atoms with Crippen LogP contribution in [-0.4, -0.2) is 35.5 Å². The second kappa shape index (κ2) is 7.50. The summed E-state index contributed by atoms with van der Waals surface area (Å²) in [6, 6.07) is 0. The van der Waals surface area contributed by atoms with E-state index in [1.54, 1.807) is 7.11 Å². The van der Waals surface area contributed by atoms with Gasteiger partial charge in [-0.15, -0.1) is 0 Å². The van der Waals surface area contributed by atoms with E-state index in [2.05, 4.69) is 13.8 Å². The topological polar surface area (TPSA) is 27.7 Å². The van der Waals surface area contributed by atoms with Crippen LogP contribution < -0.4 is 0 Å². The summed E-state index contributed by atoms with van der Waals surface area (Å²) in [6.07, 6.45) is 1.93. The Labute approximate surface area is 83.7 Å². The Kier molecular flexibility index (Phi) is 7.55. The molecule has 0 N–H and O–H groups in total. The second-order valence-electron chi connectivity index (χ2n) is 2.95. The molecule has 80 valence electrons. The lowest BCUT2D eigenvalue weighted by Crippen LogP contribution is -2.42. The van der Waals surface area contributed by atoms with Gasteiger partial charge in [0.2, 0.25) is 9.76 Å². The summed E-state index contributed by atoms with van der Waals surface area (Å²) in [6.45, 7) is 7.67. The molecule has 0 amide bonds. The van der Waals surface area contributed by atoms with Gasteiger partial charge in [-0.1, -0.05) is 13.8 Å². The molecule has 13 heavy (non-hydrogen) atoms. The van der Waals surface area contributed by atoms with Gasteiger partial charge in [-0.2, -0.15) is 0 Å². The average Bonchev–Trinajstić information content (AvgIpc) is 2.17. The highest BCUT2D eigenvalue weighted by molar-refractivity contribution is 6.31. The van der Waals surface area contributed by atoms with Gasteiger partial charge in [0.15, 0.2) is 5.41 Å². The maximum atomic E-state index is 5.59. The van der Waals surface area contributed by atoms with Gasteiger partial charge in [0.25, 0.3) is 0 Å². The standard InChI is InChI=1S/C9H22O3Si/c1-5-8-12-13-9(6-2,10-4)11-7-3/h5-8,13H2,1-4H3. The Morgan fingerprint density at radius 2 is 1.92 bits per heavy atom. The molecule has 0 aromatic heterocycles. The molecule has 0 rings (SSSR count). The molecule has 0 spiro atoms. The van der Waals surface area contributed by atoms with Gasteiger partial charge in [0.05, 0.1) is 0 Å². The number of hydrogen-bond acceptors (Lipinski definition) is 3. The molecule has 0 aliphatic rings. The first-order valence-electron chi connectivity index (χ1n) is 5.01. The summed E-state index contributed by atoms with van der Waals surface area (Å²) in [5, 5.41) is 0. The maximum absolute atomic E-state index is 5.59. The van der Waals surface area contributed by atoms with Crippen molar-refractivity contribution in [2.45, 2.75) is 39.0 Å². The van der Waals surface area contributed by atoms with E-state index in [4.69, 9.17) is 13.9 Å². The van der Waals surface area contributed by atoms with Gasteiger partial charge in [0, 0.05) is 20.3 Å². The first-order valence-corrected chi connectivity index (χ1v) is 6.30. The van der Waals surface area contributed by atoms with Crippen LogP contribution in [-0.2, 0) is 13.9 Å². The van der Waals surface area contributed by atoms with Crippen LogP contribution in [0.2, 0.25) is 0 Å². The van der Waals surface area contributed by atoms with Crippen molar-refractivity contribution in [3.05, 3.63) is 0 Å². The van der Waals surface area contributed by atoms with Crippen LogP contribution in [0.5, 0.6) is 0 Å². The highest BCUT2D eigenvalue weighted by atomic mass is 28.2. The van der Waals surface area contributed by atoms with E-state index in [0.29, 0.717) is 6.61 Å². The zero-order valence-electron chi connectivity index (χ0n) is 9.26. The predicted octanol–water partition coefficient (Wildman–Crippen LogP) is 1.24. The quantitative estimate of drug-likeness (QED) is 0.340. The normalized spacial score (nSPS) is 16.6. The third-order valence-electron chi connectivity index (χ3n) is 1.99. The van der Waals surface area contributed by atoms with Crippen LogP contribution in [0.25, 0.3) is 0 Å². The van der Waals surface area contributed by atoms with Crippen molar-refractivity contribution < 1.29 is 13.9 Å². The molecule has 0 heterocycles. The Morgan fingerprint density at radius 3 is 2.31 bits per heavy atom. The SMILES string of the molecule is CCCO[SiH2]C(CC)(OC)OCC. The molecule has 3 nitrogen and oxygen atoms in total. The lowest BCUT2D eigenvalue weighted by Gasteiger charge is -2.30. The molecule has 0 aromatic carbocycles. The predicted molar refractivity (Wildman–Crippen MR) is 56.4 cm³/mol. The summed E-state index contributed by atoms with van der Waals surface area (Å²) < 4.78 is 16.5. The lowest BCUT2D eigenvalue weighted by molar-refractivity contribution is -0.169. The molecule has 0 saturated carbocycles. The highest BCUT2D eigenvalue weighted by Crippen LogP contribution is 2.15. The van der Waals surface area contributed by atoms with Crippen LogP contribution in [0, 0.1) is 0 Å². The molecule has 1 unspecified atom stereocenters. The number of ether oxygens (including phenoxy) is 2. The molecule has 0 saturated heterocycles. The van der Waals surface area contributed by atoms with Crippen molar-refractivity contribution in [3.63, 3.8) is 0 Å². The highest BCUT2D eigenvalue weighted by Gasteiger charge is 2.29. The molecule has 0 aliphatic carbocycles. The summed E-state index contributed by atoms with van der Waals surface area (Å²) in [5.74, 6) is 0. The molecule has 0 bridgehead atoms. The van der Waals surface area contributed by atoms with Crippen molar-refractivity contribution in [2.75, 3.05) is 20.3 Å². The molecule has 1 atom stereocenters. The fourth-order valence-corrected chi connectivity index (χ4v) is 2.50. The summed E-state index contributed by atoms with van der Waals surface area (Å²) in [5.41, 5.74) is -0.399. The largest absolute Gasteiger partial charge is 0.418 e. The third-order valence-corrected chi connectivity index (χ3v) is 3.91. The maximum Gasteiger partial charge on any atom is 0.227 e. The molecule has 4 heteroatoms. The van der Waals surface area contributed by atoms with Crippen molar-refractivity contribution in [1.29, 1.82) is 0 Å². The van der Waals surface area contributed by atoms with Crippen LogP contribution in [0.15, 0.2) is 0 Å². The van der Waals surface area contributed by atoms with E-state index in [1.807, 2.05) is 6.92 Å². The molecular formula is C9H22O3Si.